The molecule has 0 radical (unpaired) electrons. The molecule has 0 unspecified atom stereocenters. The summed E-state index contributed by atoms with van der Waals surface area (Å²) in [5.74, 6) is 0.0230. The molecule has 0 saturated heterocycles. The van der Waals surface area contributed by atoms with E-state index < -0.39 is 5.97 Å². The summed E-state index contributed by atoms with van der Waals surface area (Å²) in [6, 6.07) is 1.46. The summed E-state index contributed by atoms with van der Waals surface area (Å²) in [5.41, 5.74) is 0.627. The van der Waals surface area contributed by atoms with Gasteiger partial charge in [-0.05, 0) is 6.92 Å². The Morgan fingerprint density at radius 3 is 3.00 bits per heavy atom. The molecule has 7 nitrogen and oxygen atoms in total. The topological polar surface area (TPSA) is 89.6 Å². The molecule has 0 fully saturated rings. The van der Waals surface area contributed by atoms with Gasteiger partial charge in [-0.15, -0.1) is 5.10 Å². The van der Waals surface area contributed by atoms with E-state index in [1.165, 1.54) is 17.7 Å². The van der Waals surface area contributed by atoms with Gasteiger partial charge in [-0.25, -0.2) is 4.98 Å². The number of ether oxygens (including phenoxy) is 1. The standard InChI is InChI=1S/C9H10N4O3/c1-5-3-7(14)13-9(10-5)11-6(12-13)4-8(15)16-2/h3,14H,4H2,1-2H3. The van der Waals surface area contributed by atoms with Crippen molar-refractivity contribution in [3.8, 4) is 5.88 Å². The lowest BCUT2D eigenvalue weighted by Gasteiger charge is -1.95. The minimum absolute atomic E-state index is 0.0433. The Hall–Kier alpha value is -2.18. The average Bonchev–Trinajstić information content (AvgIpc) is 2.60. The van der Waals surface area contributed by atoms with Gasteiger partial charge < -0.3 is 9.84 Å². The highest BCUT2D eigenvalue weighted by Gasteiger charge is 2.12. The number of carbonyl (C=O) groups excluding carboxylic acids is 1. The van der Waals surface area contributed by atoms with Gasteiger partial charge in [-0.1, -0.05) is 0 Å². The van der Waals surface area contributed by atoms with Crippen LogP contribution in [0.25, 0.3) is 5.78 Å². The summed E-state index contributed by atoms with van der Waals surface area (Å²) in [5, 5.41) is 13.5. The van der Waals surface area contributed by atoms with Crippen molar-refractivity contribution in [1.82, 2.24) is 19.6 Å². The lowest BCUT2D eigenvalue weighted by molar-refractivity contribution is -0.139. The molecule has 0 aliphatic carbocycles. The summed E-state index contributed by atoms with van der Waals surface area (Å²) in [7, 11) is 1.29. The summed E-state index contributed by atoms with van der Waals surface area (Å²) < 4.78 is 5.66. The van der Waals surface area contributed by atoms with Crippen LogP contribution >= 0.6 is 0 Å². The Bertz CT molecular complexity index is 549. The first-order valence-corrected chi connectivity index (χ1v) is 4.59. The van der Waals surface area contributed by atoms with Gasteiger partial charge in [-0.2, -0.15) is 9.50 Å². The molecule has 2 aromatic heterocycles. The third-order valence-electron chi connectivity index (χ3n) is 2.00. The van der Waals surface area contributed by atoms with Crippen LogP contribution in [0.2, 0.25) is 0 Å². The second-order valence-electron chi connectivity index (χ2n) is 3.25. The molecule has 7 heteroatoms. The molecule has 16 heavy (non-hydrogen) atoms. The van der Waals surface area contributed by atoms with Crippen molar-refractivity contribution in [2.24, 2.45) is 0 Å². The monoisotopic (exact) mass is 222 g/mol. The number of rotatable bonds is 2. The molecular formula is C9H10N4O3. The number of hydrogen-bond donors (Lipinski definition) is 1. The quantitative estimate of drug-likeness (QED) is 0.711. The molecule has 0 atom stereocenters. The number of esters is 1. The summed E-state index contributed by atoms with van der Waals surface area (Å²) >= 11 is 0. The minimum Gasteiger partial charge on any atom is -0.493 e. The van der Waals surface area contributed by atoms with Crippen molar-refractivity contribution >= 4 is 11.7 Å². The van der Waals surface area contributed by atoms with Gasteiger partial charge in [0.2, 0.25) is 5.88 Å². The maximum Gasteiger partial charge on any atom is 0.313 e. The van der Waals surface area contributed by atoms with E-state index >= 15 is 0 Å². The molecule has 0 spiro atoms. The number of nitrogens with zero attached hydrogens (tertiary/aromatic N) is 4. The van der Waals surface area contributed by atoms with Crippen molar-refractivity contribution < 1.29 is 14.6 Å². The molecule has 2 heterocycles. The SMILES string of the molecule is COC(=O)Cc1nc2nc(C)cc(O)n2n1. The normalized spacial score (nSPS) is 10.6. The van der Waals surface area contributed by atoms with Gasteiger partial charge in [-0.3, -0.25) is 4.79 Å². The molecule has 0 saturated carbocycles. The van der Waals surface area contributed by atoms with Crippen LogP contribution in [0.3, 0.4) is 0 Å². The summed E-state index contributed by atoms with van der Waals surface area (Å²) in [4.78, 5) is 19.1. The highest BCUT2D eigenvalue weighted by atomic mass is 16.5. The van der Waals surface area contributed by atoms with Crippen molar-refractivity contribution in [2.45, 2.75) is 13.3 Å². The smallest absolute Gasteiger partial charge is 0.313 e. The zero-order valence-electron chi connectivity index (χ0n) is 8.84. The Morgan fingerprint density at radius 1 is 1.56 bits per heavy atom. The van der Waals surface area contributed by atoms with Crippen LogP contribution in [0.4, 0.5) is 0 Å². The summed E-state index contributed by atoms with van der Waals surface area (Å²) in [6.07, 6.45) is -0.0433. The Morgan fingerprint density at radius 2 is 2.31 bits per heavy atom. The van der Waals surface area contributed by atoms with Gasteiger partial charge in [0.25, 0.3) is 5.78 Å². The number of hydrogen-bond acceptors (Lipinski definition) is 6. The van der Waals surface area contributed by atoms with Crippen molar-refractivity contribution in [3.05, 3.63) is 17.6 Å². The fraction of sp³-hybridized carbons (Fsp3) is 0.333. The number of aromatic hydroxyl groups is 1. The van der Waals surface area contributed by atoms with E-state index in [1.54, 1.807) is 6.92 Å². The van der Waals surface area contributed by atoms with Crippen LogP contribution in [-0.4, -0.2) is 37.8 Å². The molecule has 84 valence electrons. The number of fused-ring (bicyclic) bond motifs is 1. The first-order valence-electron chi connectivity index (χ1n) is 4.59. The highest BCUT2D eigenvalue weighted by Crippen LogP contribution is 2.11. The molecular weight excluding hydrogens is 212 g/mol. The lowest BCUT2D eigenvalue weighted by Crippen LogP contribution is -2.05. The lowest BCUT2D eigenvalue weighted by atomic mass is 10.4. The van der Waals surface area contributed by atoms with Crippen LogP contribution in [0.1, 0.15) is 11.5 Å². The average molecular weight is 222 g/mol. The number of carbonyl (C=O) groups is 1. The largest absolute Gasteiger partial charge is 0.493 e. The number of aromatic nitrogens is 4. The first-order chi connectivity index (χ1) is 7.60. The molecule has 0 bridgehead atoms. The minimum atomic E-state index is -0.438. The predicted molar refractivity (Wildman–Crippen MR) is 52.9 cm³/mol. The van der Waals surface area contributed by atoms with Crippen molar-refractivity contribution in [3.63, 3.8) is 0 Å². The van der Waals surface area contributed by atoms with Crippen LogP contribution in [-0.2, 0) is 16.0 Å². The van der Waals surface area contributed by atoms with Crippen molar-refractivity contribution in [2.75, 3.05) is 7.11 Å². The zero-order chi connectivity index (χ0) is 11.7. The van der Waals surface area contributed by atoms with Gasteiger partial charge in [0, 0.05) is 11.8 Å². The van der Waals surface area contributed by atoms with E-state index in [2.05, 4.69) is 19.8 Å². The van der Waals surface area contributed by atoms with E-state index in [1.807, 2.05) is 0 Å². The Balaban J connectivity index is 2.44. The van der Waals surface area contributed by atoms with Crippen LogP contribution in [0.5, 0.6) is 5.88 Å². The fourth-order valence-corrected chi connectivity index (χ4v) is 1.29. The van der Waals surface area contributed by atoms with E-state index in [0.717, 1.165) is 0 Å². The van der Waals surface area contributed by atoms with Gasteiger partial charge in [0.1, 0.15) is 6.42 Å². The van der Waals surface area contributed by atoms with E-state index in [-0.39, 0.29) is 23.9 Å². The van der Waals surface area contributed by atoms with Crippen molar-refractivity contribution in [1.29, 1.82) is 0 Å². The van der Waals surface area contributed by atoms with Gasteiger partial charge in [0.15, 0.2) is 5.82 Å². The second kappa shape index (κ2) is 3.76. The third kappa shape index (κ3) is 1.79. The molecule has 2 rings (SSSR count). The predicted octanol–water partition coefficient (Wildman–Crippen LogP) is -0.146. The van der Waals surface area contributed by atoms with Gasteiger partial charge in [0.05, 0.1) is 7.11 Å². The fourth-order valence-electron chi connectivity index (χ4n) is 1.29. The van der Waals surface area contributed by atoms with E-state index in [9.17, 15) is 9.90 Å². The number of methoxy groups -OCH3 is 1. The summed E-state index contributed by atoms with van der Waals surface area (Å²) in [6.45, 7) is 1.73. The van der Waals surface area contributed by atoms with Crippen LogP contribution < -0.4 is 0 Å². The second-order valence-corrected chi connectivity index (χ2v) is 3.25. The Kier molecular flexibility index (Phi) is 2.43. The van der Waals surface area contributed by atoms with Crippen LogP contribution in [0.15, 0.2) is 6.07 Å². The molecule has 0 aliphatic rings. The molecule has 0 amide bonds. The number of aryl methyl sites for hydroxylation is 1. The van der Waals surface area contributed by atoms with Crippen LogP contribution in [0, 0.1) is 6.92 Å². The maximum absolute atomic E-state index is 11.0. The molecule has 0 aliphatic heterocycles. The first kappa shape index (κ1) is 10.3. The maximum atomic E-state index is 11.0. The third-order valence-corrected chi connectivity index (χ3v) is 2.00. The zero-order valence-corrected chi connectivity index (χ0v) is 8.84. The highest BCUT2D eigenvalue weighted by molar-refractivity contribution is 5.71. The Labute approximate surface area is 90.7 Å². The van der Waals surface area contributed by atoms with Gasteiger partial charge >= 0.3 is 5.97 Å². The van der Waals surface area contributed by atoms with E-state index in [4.69, 9.17) is 0 Å². The molecule has 0 aromatic carbocycles. The molecule has 1 N–H and O–H groups in total. The molecule has 2 aromatic rings. The van der Waals surface area contributed by atoms with E-state index in [0.29, 0.717) is 5.69 Å².